The van der Waals surface area contributed by atoms with Gasteiger partial charge in [0, 0.05) is 12.6 Å². The van der Waals surface area contributed by atoms with E-state index >= 15 is 0 Å². The van der Waals surface area contributed by atoms with Gasteiger partial charge in [-0.2, -0.15) is 0 Å². The summed E-state index contributed by atoms with van der Waals surface area (Å²) in [5.74, 6) is 0. The molecule has 0 bridgehead atoms. The van der Waals surface area contributed by atoms with Gasteiger partial charge in [-0.25, -0.2) is 0 Å². The van der Waals surface area contributed by atoms with Gasteiger partial charge in [-0.3, -0.25) is 0 Å². The number of hydrogen-bond acceptors (Lipinski definition) is 2. The van der Waals surface area contributed by atoms with E-state index < -0.39 is 0 Å². The van der Waals surface area contributed by atoms with Crippen molar-refractivity contribution >= 4 is 0 Å². The van der Waals surface area contributed by atoms with E-state index in [4.69, 9.17) is 10.5 Å². The molecule has 0 aromatic rings. The molecule has 0 heterocycles. The minimum absolute atomic E-state index is 0.146. The number of unbranched alkanes of at least 4 members (excludes halogenated alkanes) is 4. The fraction of sp³-hybridized carbons (Fsp3) is 1.00. The molecule has 1 unspecified atom stereocenters. The highest BCUT2D eigenvalue weighted by atomic mass is 16.5. The Morgan fingerprint density at radius 2 is 1.67 bits per heavy atom. The highest BCUT2D eigenvalue weighted by Gasteiger charge is 2.20. The summed E-state index contributed by atoms with van der Waals surface area (Å²) in [5.41, 5.74) is 6.14. The second-order valence-electron chi connectivity index (χ2n) is 5.46. The summed E-state index contributed by atoms with van der Waals surface area (Å²) in [6.07, 6.45) is 6.46. The van der Waals surface area contributed by atoms with Crippen molar-refractivity contribution in [2.75, 3.05) is 13.2 Å². The molecule has 2 N–H and O–H groups in total. The first-order chi connectivity index (χ1) is 6.98. The lowest BCUT2D eigenvalue weighted by Gasteiger charge is -2.26. The van der Waals surface area contributed by atoms with Crippen LogP contribution in [0.2, 0.25) is 0 Å². The van der Waals surface area contributed by atoms with Crippen molar-refractivity contribution in [3.63, 3.8) is 0 Å². The van der Waals surface area contributed by atoms with Crippen LogP contribution in [0.3, 0.4) is 0 Å². The average Bonchev–Trinajstić information content (AvgIpc) is 2.14. The van der Waals surface area contributed by atoms with Crippen molar-refractivity contribution < 1.29 is 4.74 Å². The van der Waals surface area contributed by atoms with Crippen LogP contribution in [0.5, 0.6) is 0 Å². The third-order valence-corrected chi connectivity index (χ3v) is 2.80. The maximum Gasteiger partial charge on any atom is 0.0622 e. The summed E-state index contributed by atoms with van der Waals surface area (Å²) in [4.78, 5) is 0. The van der Waals surface area contributed by atoms with Crippen molar-refractivity contribution in [3.8, 4) is 0 Å². The van der Waals surface area contributed by atoms with E-state index in [1.807, 2.05) is 0 Å². The molecule has 0 aliphatic rings. The van der Waals surface area contributed by atoms with Crippen molar-refractivity contribution in [2.24, 2.45) is 11.1 Å². The zero-order chi connectivity index (χ0) is 11.7. The number of nitrogens with two attached hydrogens (primary N) is 1. The van der Waals surface area contributed by atoms with Crippen LogP contribution in [0.1, 0.15) is 59.8 Å². The summed E-state index contributed by atoms with van der Waals surface area (Å²) in [5, 5.41) is 0. The molecule has 92 valence electrons. The summed E-state index contributed by atoms with van der Waals surface area (Å²) >= 11 is 0. The monoisotopic (exact) mass is 215 g/mol. The molecule has 0 radical (unpaired) electrons. The minimum atomic E-state index is 0.146. The Morgan fingerprint density at radius 3 is 2.20 bits per heavy atom. The molecule has 0 spiro atoms. The van der Waals surface area contributed by atoms with Crippen LogP contribution in [0.25, 0.3) is 0 Å². The van der Waals surface area contributed by atoms with Gasteiger partial charge in [0.2, 0.25) is 0 Å². The van der Waals surface area contributed by atoms with Crippen molar-refractivity contribution in [2.45, 2.75) is 65.8 Å². The molecule has 0 aliphatic heterocycles. The van der Waals surface area contributed by atoms with E-state index in [1.165, 1.54) is 32.1 Å². The second-order valence-corrected chi connectivity index (χ2v) is 5.46. The summed E-state index contributed by atoms with van der Waals surface area (Å²) in [7, 11) is 0. The molecule has 0 amide bonds. The van der Waals surface area contributed by atoms with E-state index in [0.717, 1.165) is 6.61 Å². The molecule has 0 fully saturated rings. The molecule has 2 nitrogen and oxygen atoms in total. The van der Waals surface area contributed by atoms with Crippen molar-refractivity contribution in [3.05, 3.63) is 0 Å². The van der Waals surface area contributed by atoms with Crippen LogP contribution in [-0.2, 0) is 4.74 Å². The Bertz CT molecular complexity index is 140. The fourth-order valence-corrected chi connectivity index (χ4v) is 1.27. The Kier molecular flexibility index (Phi) is 8.07. The highest BCUT2D eigenvalue weighted by Crippen LogP contribution is 2.17. The van der Waals surface area contributed by atoms with Crippen molar-refractivity contribution in [1.29, 1.82) is 0 Å². The lowest BCUT2D eigenvalue weighted by Crippen LogP contribution is -2.39. The molecule has 0 aromatic heterocycles. The molecule has 0 saturated heterocycles. The number of hydrogen-bond donors (Lipinski definition) is 1. The Hall–Kier alpha value is -0.0800. The molecule has 15 heavy (non-hydrogen) atoms. The Morgan fingerprint density at radius 1 is 1.07 bits per heavy atom. The van der Waals surface area contributed by atoms with E-state index in [2.05, 4.69) is 27.7 Å². The molecule has 2 heteroatoms. The largest absolute Gasteiger partial charge is 0.380 e. The van der Waals surface area contributed by atoms with Crippen LogP contribution in [-0.4, -0.2) is 19.3 Å². The normalized spacial score (nSPS) is 14.2. The third-order valence-electron chi connectivity index (χ3n) is 2.80. The average molecular weight is 215 g/mol. The van der Waals surface area contributed by atoms with E-state index in [9.17, 15) is 0 Å². The number of rotatable bonds is 8. The van der Waals surface area contributed by atoms with Gasteiger partial charge in [-0.1, -0.05) is 53.4 Å². The molecular formula is C13H29NO. The van der Waals surface area contributed by atoms with Gasteiger partial charge in [0.25, 0.3) is 0 Å². The van der Waals surface area contributed by atoms with Crippen LogP contribution in [0.4, 0.5) is 0 Å². The molecular weight excluding hydrogens is 186 g/mol. The lowest BCUT2D eigenvalue weighted by molar-refractivity contribution is 0.0874. The molecule has 1 atom stereocenters. The first-order valence-corrected chi connectivity index (χ1v) is 6.31. The SMILES string of the molecule is CCCCCCCOCC(N)C(C)(C)C. The maximum absolute atomic E-state index is 5.99. The van der Waals surface area contributed by atoms with Gasteiger partial charge >= 0.3 is 0 Å². The van der Waals surface area contributed by atoms with Gasteiger partial charge in [-0.15, -0.1) is 0 Å². The first kappa shape index (κ1) is 14.9. The summed E-state index contributed by atoms with van der Waals surface area (Å²) in [6, 6.07) is 0.146. The zero-order valence-electron chi connectivity index (χ0n) is 11.0. The fourth-order valence-electron chi connectivity index (χ4n) is 1.27. The van der Waals surface area contributed by atoms with Crippen molar-refractivity contribution in [1.82, 2.24) is 0 Å². The molecule has 0 aliphatic carbocycles. The molecule has 0 rings (SSSR count). The Balaban J connectivity index is 3.24. The van der Waals surface area contributed by atoms with E-state index in [0.29, 0.717) is 6.61 Å². The molecule has 0 aromatic carbocycles. The van der Waals surface area contributed by atoms with E-state index in [1.54, 1.807) is 0 Å². The predicted molar refractivity (Wildman–Crippen MR) is 67.0 cm³/mol. The van der Waals surface area contributed by atoms with Gasteiger partial charge in [0.1, 0.15) is 0 Å². The quantitative estimate of drug-likeness (QED) is 0.630. The van der Waals surface area contributed by atoms with Crippen LogP contribution >= 0.6 is 0 Å². The van der Waals surface area contributed by atoms with Gasteiger partial charge in [0.15, 0.2) is 0 Å². The Labute approximate surface area is 95.6 Å². The van der Waals surface area contributed by atoms with E-state index in [-0.39, 0.29) is 11.5 Å². The predicted octanol–water partition coefficient (Wildman–Crippen LogP) is 3.35. The zero-order valence-corrected chi connectivity index (χ0v) is 11.0. The third kappa shape index (κ3) is 8.88. The smallest absolute Gasteiger partial charge is 0.0622 e. The number of ether oxygens (including phenoxy) is 1. The first-order valence-electron chi connectivity index (χ1n) is 6.31. The topological polar surface area (TPSA) is 35.2 Å². The van der Waals surface area contributed by atoms with Crippen LogP contribution in [0.15, 0.2) is 0 Å². The minimum Gasteiger partial charge on any atom is -0.380 e. The molecule has 0 saturated carbocycles. The highest BCUT2D eigenvalue weighted by molar-refractivity contribution is 4.76. The summed E-state index contributed by atoms with van der Waals surface area (Å²) in [6.45, 7) is 10.3. The van der Waals surface area contributed by atoms with Crippen LogP contribution < -0.4 is 5.73 Å². The van der Waals surface area contributed by atoms with Crippen LogP contribution in [0, 0.1) is 5.41 Å². The second kappa shape index (κ2) is 8.12. The lowest BCUT2D eigenvalue weighted by atomic mass is 9.88. The van der Waals surface area contributed by atoms with Gasteiger partial charge < -0.3 is 10.5 Å². The van der Waals surface area contributed by atoms with Gasteiger partial charge in [0.05, 0.1) is 6.61 Å². The standard InChI is InChI=1S/C13H29NO/c1-5-6-7-8-9-10-15-11-12(14)13(2,3)4/h12H,5-11,14H2,1-4H3. The summed E-state index contributed by atoms with van der Waals surface area (Å²) < 4.78 is 5.58. The maximum atomic E-state index is 5.99. The van der Waals surface area contributed by atoms with Gasteiger partial charge in [-0.05, 0) is 11.8 Å².